The number of hydrogen-bond acceptors (Lipinski definition) is 5. The molecule has 0 bridgehead atoms. The lowest BCUT2D eigenvalue weighted by Gasteiger charge is -2.03. The number of nitro groups is 1. The number of nitrogens with one attached hydrogen (secondary N) is 1. The van der Waals surface area contributed by atoms with Gasteiger partial charge in [0.25, 0.3) is 11.6 Å². The Morgan fingerprint density at radius 1 is 1.28 bits per heavy atom. The van der Waals surface area contributed by atoms with Crippen molar-refractivity contribution in [2.45, 2.75) is 0 Å². The van der Waals surface area contributed by atoms with Gasteiger partial charge in [-0.25, -0.2) is 4.98 Å². The van der Waals surface area contributed by atoms with Gasteiger partial charge in [-0.3, -0.25) is 20.2 Å². The van der Waals surface area contributed by atoms with Gasteiger partial charge in [0, 0.05) is 27.0 Å². The molecule has 0 radical (unpaired) electrons. The molecule has 126 valence electrons. The molecule has 0 saturated carbocycles. The van der Waals surface area contributed by atoms with Crippen LogP contribution in [0.1, 0.15) is 10.4 Å². The normalized spacial score (nSPS) is 10.5. The smallest absolute Gasteiger partial charge is 0.288 e. The second-order valence-electron chi connectivity index (χ2n) is 4.93. The highest BCUT2D eigenvalue weighted by Gasteiger charge is 2.17. The Morgan fingerprint density at radius 3 is 2.80 bits per heavy atom. The lowest BCUT2D eigenvalue weighted by molar-refractivity contribution is -0.384. The maximum Gasteiger partial charge on any atom is 0.288 e. The first-order chi connectivity index (χ1) is 11.9. The number of amides is 1. The number of carbonyl (C=O) groups is 1. The first kappa shape index (κ1) is 17.5. The van der Waals surface area contributed by atoms with Crippen LogP contribution in [0.5, 0.6) is 0 Å². The number of hydrogen-bond donors (Lipinski definition) is 1. The predicted octanol–water partition coefficient (Wildman–Crippen LogP) is 5.39. The molecule has 0 atom stereocenters. The van der Waals surface area contributed by atoms with Crippen LogP contribution in [0.2, 0.25) is 5.02 Å². The predicted molar refractivity (Wildman–Crippen MR) is 101 cm³/mol. The number of halogens is 2. The molecule has 0 spiro atoms. The van der Waals surface area contributed by atoms with Gasteiger partial charge >= 0.3 is 0 Å². The van der Waals surface area contributed by atoms with Crippen molar-refractivity contribution in [3.63, 3.8) is 0 Å². The summed E-state index contributed by atoms with van der Waals surface area (Å²) in [4.78, 5) is 26.9. The molecule has 9 heteroatoms. The second kappa shape index (κ2) is 7.30. The Kier molecular flexibility index (Phi) is 5.12. The Bertz CT molecular complexity index is 977. The first-order valence-corrected chi connectivity index (χ1v) is 8.96. The summed E-state index contributed by atoms with van der Waals surface area (Å²) in [7, 11) is 0. The van der Waals surface area contributed by atoms with Gasteiger partial charge in [-0.15, -0.1) is 11.3 Å². The van der Waals surface area contributed by atoms with E-state index >= 15 is 0 Å². The highest BCUT2D eigenvalue weighted by Crippen LogP contribution is 2.28. The zero-order valence-electron chi connectivity index (χ0n) is 12.4. The molecule has 0 fully saturated rings. The van der Waals surface area contributed by atoms with E-state index in [4.69, 9.17) is 11.6 Å². The van der Waals surface area contributed by atoms with Gasteiger partial charge in [0.1, 0.15) is 5.02 Å². The highest BCUT2D eigenvalue weighted by atomic mass is 79.9. The van der Waals surface area contributed by atoms with Gasteiger partial charge < -0.3 is 0 Å². The van der Waals surface area contributed by atoms with E-state index in [2.05, 4.69) is 26.2 Å². The van der Waals surface area contributed by atoms with E-state index in [1.807, 2.05) is 29.6 Å². The van der Waals surface area contributed by atoms with E-state index in [0.29, 0.717) is 5.13 Å². The summed E-state index contributed by atoms with van der Waals surface area (Å²) in [6.07, 6.45) is 0. The molecule has 0 aliphatic carbocycles. The largest absolute Gasteiger partial charge is 0.298 e. The molecule has 3 rings (SSSR count). The SMILES string of the molecule is O=C(Nc1nc(-c2cccc(Br)c2)cs1)c1ccc(Cl)c([N+](=O)[O-])c1. The summed E-state index contributed by atoms with van der Waals surface area (Å²) in [6, 6.07) is 11.5. The van der Waals surface area contributed by atoms with Crippen molar-refractivity contribution >= 4 is 55.6 Å². The Balaban J connectivity index is 1.80. The summed E-state index contributed by atoms with van der Waals surface area (Å²) >= 11 is 10.4. The third-order valence-corrected chi connectivity index (χ3v) is 4.82. The van der Waals surface area contributed by atoms with Gasteiger partial charge in [-0.2, -0.15) is 0 Å². The van der Waals surface area contributed by atoms with Crippen LogP contribution in [0.3, 0.4) is 0 Å². The van der Waals surface area contributed by atoms with Crippen LogP contribution in [0.25, 0.3) is 11.3 Å². The summed E-state index contributed by atoms with van der Waals surface area (Å²) in [5.41, 5.74) is 1.45. The van der Waals surface area contributed by atoms with E-state index in [9.17, 15) is 14.9 Å². The van der Waals surface area contributed by atoms with Crippen molar-refractivity contribution < 1.29 is 9.72 Å². The van der Waals surface area contributed by atoms with Gasteiger partial charge in [-0.05, 0) is 24.3 Å². The lowest BCUT2D eigenvalue weighted by atomic mass is 10.2. The Labute approximate surface area is 159 Å². The zero-order valence-corrected chi connectivity index (χ0v) is 15.6. The van der Waals surface area contributed by atoms with Crippen molar-refractivity contribution in [2.75, 3.05) is 5.32 Å². The number of benzene rings is 2. The van der Waals surface area contributed by atoms with Crippen LogP contribution in [0.4, 0.5) is 10.8 Å². The maximum atomic E-state index is 12.3. The fourth-order valence-electron chi connectivity index (χ4n) is 2.07. The van der Waals surface area contributed by atoms with Crippen LogP contribution in [-0.2, 0) is 0 Å². The average molecular weight is 439 g/mol. The third-order valence-electron chi connectivity index (χ3n) is 3.25. The summed E-state index contributed by atoms with van der Waals surface area (Å²) in [5, 5.41) is 15.8. The molecule has 0 unspecified atom stereocenters. The van der Waals surface area contributed by atoms with E-state index in [1.54, 1.807) is 0 Å². The van der Waals surface area contributed by atoms with Crippen molar-refractivity contribution in [3.05, 3.63) is 73.0 Å². The van der Waals surface area contributed by atoms with Gasteiger partial charge in [0.2, 0.25) is 0 Å². The number of aromatic nitrogens is 1. The minimum atomic E-state index is -0.631. The van der Waals surface area contributed by atoms with Gasteiger partial charge in [-0.1, -0.05) is 39.7 Å². The standard InChI is InChI=1S/C16H9BrClN3O3S/c17-11-3-1-2-9(6-11)13-8-25-16(19-13)20-15(22)10-4-5-12(18)14(7-10)21(23)24/h1-8H,(H,19,20,22). The number of anilines is 1. The molecule has 1 aromatic heterocycles. The molecule has 25 heavy (non-hydrogen) atoms. The Morgan fingerprint density at radius 2 is 2.08 bits per heavy atom. The lowest BCUT2D eigenvalue weighted by Crippen LogP contribution is -2.12. The monoisotopic (exact) mass is 437 g/mol. The molecule has 6 nitrogen and oxygen atoms in total. The van der Waals surface area contributed by atoms with Crippen LogP contribution in [-0.4, -0.2) is 15.8 Å². The molecule has 1 amide bonds. The van der Waals surface area contributed by atoms with Crippen molar-refractivity contribution in [1.82, 2.24) is 4.98 Å². The molecule has 0 aliphatic rings. The maximum absolute atomic E-state index is 12.3. The molecule has 3 aromatic rings. The fourth-order valence-corrected chi connectivity index (χ4v) is 3.38. The van der Waals surface area contributed by atoms with Gasteiger partial charge in [0.15, 0.2) is 5.13 Å². The summed E-state index contributed by atoms with van der Waals surface area (Å²) < 4.78 is 0.928. The van der Waals surface area contributed by atoms with Crippen LogP contribution in [0.15, 0.2) is 52.3 Å². The average Bonchev–Trinajstić information content (AvgIpc) is 3.03. The van der Waals surface area contributed by atoms with E-state index in [1.165, 1.54) is 23.5 Å². The van der Waals surface area contributed by atoms with Crippen LogP contribution in [0, 0.1) is 10.1 Å². The van der Waals surface area contributed by atoms with Crippen molar-refractivity contribution in [3.8, 4) is 11.3 Å². The number of thiazole rings is 1. The van der Waals surface area contributed by atoms with E-state index < -0.39 is 10.8 Å². The topological polar surface area (TPSA) is 85.1 Å². The summed E-state index contributed by atoms with van der Waals surface area (Å²) in [5.74, 6) is -0.491. The van der Waals surface area contributed by atoms with E-state index in [0.717, 1.165) is 21.8 Å². The molecule has 1 N–H and O–H groups in total. The number of nitrogens with zero attached hydrogens (tertiary/aromatic N) is 2. The quantitative estimate of drug-likeness (QED) is 0.437. The Hall–Kier alpha value is -2.29. The number of rotatable bonds is 4. The molecular weight excluding hydrogens is 430 g/mol. The van der Waals surface area contributed by atoms with Crippen LogP contribution < -0.4 is 5.32 Å². The van der Waals surface area contributed by atoms with Crippen molar-refractivity contribution in [2.24, 2.45) is 0 Å². The molecule has 2 aromatic carbocycles. The fraction of sp³-hybridized carbons (Fsp3) is 0. The molecule has 0 saturated heterocycles. The highest BCUT2D eigenvalue weighted by molar-refractivity contribution is 9.10. The summed E-state index contributed by atoms with van der Waals surface area (Å²) in [6.45, 7) is 0. The second-order valence-corrected chi connectivity index (χ2v) is 7.11. The molecular formula is C16H9BrClN3O3S. The number of carbonyl (C=O) groups excluding carboxylic acids is 1. The minimum Gasteiger partial charge on any atom is -0.298 e. The molecule has 1 heterocycles. The first-order valence-electron chi connectivity index (χ1n) is 6.91. The minimum absolute atomic E-state index is 0.0206. The third kappa shape index (κ3) is 4.04. The van der Waals surface area contributed by atoms with Crippen LogP contribution >= 0.6 is 38.9 Å². The van der Waals surface area contributed by atoms with Crippen molar-refractivity contribution in [1.29, 1.82) is 0 Å². The zero-order chi connectivity index (χ0) is 18.0. The molecule has 0 aliphatic heterocycles. The van der Waals surface area contributed by atoms with Gasteiger partial charge in [0.05, 0.1) is 10.6 Å². The number of nitro benzene ring substituents is 1. The van der Waals surface area contributed by atoms with E-state index in [-0.39, 0.29) is 16.3 Å².